The number of fused-ring (bicyclic) bond motifs is 1. The Balaban J connectivity index is 1.66. The van der Waals surface area contributed by atoms with Crippen molar-refractivity contribution in [3.63, 3.8) is 0 Å². The van der Waals surface area contributed by atoms with E-state index in [2.05, 4.69) is 47.2 Å². The van der Waals surface area contributed by atoms with Crippen LogP contribution < -0.4 is 20.2 Å². The molecule has 2 amide bonds. The molecule has 174 valence electrons. The van der Waals surface area contributed by atoms with Gasteiger partial charge in [-0.05, 0) is 43.0 Å². The van der Waals surface area contributed by atoms with Gasteiger partial charge in [0.2, 0.25) is 0 Å². The Morgan fingerprint density at radius 1 is 1.06 bits per heavy atom. The first-order chi connectivity index (χ1) is 15.9. The van der Waals surface area contributed by atoms with Crippen molar-refractivity contribution in [3.8, 4) is 11.5 Å². The fourth-order valence-electron chi connectivity index (χ4n) is 3.29. The molecule has 8 heteroatoms. The van der Waals surface area contributed by atoms with Crippen molar-refractivity contribution >= 4 is 38.9 Å². The zero-order valence-electron chi connectivity index (χ0n) is 19.3. The Labute approximate surface area is 197 Å². The second-order valence-corrected chi connectivity index (χ2v) is 8.84. The van der Waals surface area contributed by atoms with Crippen molar-refractivity contribution in [2.45, 2.75) is 26.7 Å². The molecule has 0 saturated carbocycles. The molecule has 2 N–H and O–H groups in total. The van der Waals surface area contributed by atoms with Crippen molar-refractivity contribution in [2.24, 2.45) is 11.0 Å². The van der Waals surface area contributed by atoms with E-state index < -0.39 is 5.91 Å². The zero-order chi connectivity index (χ0) is 23.8. The van der Waals surface area contributed by atoms with Gasteiger partial charge in [0.25, 0.3) is 11.8 Å². The van der Waals surface area contributed by atoms with Gasteiger partial charge >= 0.3 is 0 Å². The Morgan fingerprint density at radius 2 is 1.82 bits per heavy atom. The molecule has 1 aromatic heterocycles. The topological polar surface area (TPSA) is 89.0 Å². The number of nitrogens with zero attached hydrogens (tertiary/aromatic N) is 1. The lowest BCUT2D eigenvalue weighted by Crippen LogP contribution is -2.35. The molecule has 0 unspecified atom stereocenters. The standard InChI is InChI=1S/C25H29N3O4S/c1-16(2)9-11-20(19-15-33-23-8-6-5-7-18(19)23)27-28-24(29)14-26-25(30)17-10-12-21(31-3)22(13-17)32-4/h5-8,10,12-13,15-16H,9,11,14H2,1-4H3,(H,26,30)(H,28,29)/b27-20-. The van der Waals surface area contributed by atoms with Gasteiger partial charge in [-0.25, -0.2) is 5.43 Å². The first kappa shape index (κ1) is 24.3. The van der Waals surface area contributed by atoms with Crippen molar-refractivity contribution < 1.29 is 19.1 Å². The van der Waals surface area contributed by atoms with Crippen molar-refractivity contribution in [1.29, 1.82) is 0 Å². The second-order valence-electron chi connectivity index (χ2n) is 7.92. The fourth-order valence-corrected chi connectivity index (χ4v) is 4.26. The summed E-state index contributed by atoms with van der Waals surface area (Å²) in [6.07, 6.45) is 1.70. The monoisotopic (exact) mass is 467 g/mol. The molecule has 0 radical (unpaired) electrons. The number of nitrogens with one attached hydrogen (secondary N) is 2. The highest BCUT2D eigenvalue weighted by atomic mass is 32.1. The van der Waals surface area contributed by atoms with Crippen LogP contribution in [0.2, 0.25) is 0 Å². The highest BCUT2D eigenvalue weighted by molar-refractivity contribution is 7.17. The molecule has 0 fully saturated rings. The number of hydrogen-bond donors (Lipinski definition) is 2. The summed E-state index contributed by atoms with van der Waals surface area (Å²) >= 11 is 1.66. The Morgan fingerprint density at radius 3 is 2.55 bits per heavy atom. The molecule has 0 spiro atoms. The zero-order valence-corrected chi connectivity index (χ0v) is 20.1. The molecule has 0 aliphatic rings. The van der Waals surface area contributed by atoms with E-state index in [0.29, 0.717) is 23.0 Å². The Bertz CT molecular complexity index is 1150. The van der Waals surface area contributed by atoms with Gasteiger partial charge in [-0.3, -0.25) is 9.59 Å². The molecule has 1 heterocycles. The van der Waals surface area contributed by atoms with Crippen molar-refractivity contribution in [2.75, 3.05) is 20.8 Å². The van der Waals surface area contributed by atoms with Gasteiger partial charge in [-0.2, -0.15) is 5.10 Å². The van der Waals surface area contributed by atoms with Crippen LogP contribution >= 0.6 is 11.3 Å². The van der Waals surface area contributed by atoms with Crippen LogP contribution in [0.25, 0.3) is 10.1 Å². The number of methoxy groups -OCH3 is 2. The van der Waals surface area contributed by atoms with E-state index in [1.807, 2.05) is 12.1 Å². The second kappa shape index (κ2) is 11.5. The van der Waals surface area contributed by atoms with Gasteiger partial charge in [-0.15, -0.1) is 11.3 Å². The normalized spacial score (nSPS) is 11.5. The van der Waals surface area contributed by atoms with Crippen molar-refractivity contribution in [3.05, 3.63) is 59.0 Å². The molecule has 3 rings (SSSR count). The summed E-state index contributed by atoms with van der Waals surface area (Å²) in [7, 11) is 3.02. The third kappa shape index (κ3) is 6.32. The van der Waals surface area contributed by atoms with Crippen LogP contribution in [-0.4, -0.2) is 38.3 Å². The summed E-state index contributed by atoms with van der Waals surface area (Å²) in [6.45, 7) is 4.12. The minimum absolute atomic E-state index is 0.196. The van der Waals surface area contributed by atoms with E-state index in [9.17, 15) is 9.59 Å². The average molecular weight is 468 g/mol. The van der Waals surface area contributed by atoms with Crippen LogP contribution in [0.15, 0.2) is 52.9 Å². The van der Waals surface area contributed by atoms with Crippen LogP contribution in [-0.2, 0) is 4.79 Å². The van der Waals surface area contributed by atoms with Gasteiger partial charge in [0, 0.05) is 26.6 Å². The fraction of sp³-hybridized carbons (Fsp3) is 0.320. The first-order valence-corrected chi connectivity index (χ1v) is 11.6. The molecule has 3 aromatic rings. The highest BCUT2D eigenvalue weighted by Gasteiger charge is 2.14. The van der Waals surface area contributed by atoms with Gasteiger partial charge in [0.1, 0.15) is 0 Å². The lowest BCUT2D eigenvalue weighted by Gasteiger charge is -2.10. The van der Waals surface area contributed by atoms with Crippen LogP contribution in [0.5, 0.6) is 11.5 Å². The van der Waals surface area contributed by atoms with Crippen LogP contribution in [0.4, 0.5) is 0 Å². The molecular weight excluding hydrogens is 438 g/mol. The number of benzene rings is 2. The number of hydrogen-bond acceptors (Lipinski definition) is 6. The molecule has 2 aromatic carbocycles. The maximum atomic E-state index is 12.4. The number of ether oxygens (including phenoxy) is 2. The van der Waals surface area contributed by atoms with Gasteiger partial charge in [0.05, 0.1) is 26.5 Å². The van der Waals surface area contributed by atoms with E-state index in [1.54, 1.807) is 29.5 Å². The predicted molar refractivity (Wildman–Crippen MR) is 132 cm³/mol. The van der Waals surface area contributed by atoms with Crippen LogP contribution in [0.1, 0.15) is 42.6 Å². The van der Waals surface area contributed by atoms with E-state index in [0.717, 1.165) is 29.5 Å². The molecule has 7 nitrogen and oxygen atoms in total. The predicted octanol–water partition coefficient (Wildman–Crippen LogP) is 4.61. The third-order valence-corrected chi connectivity index (χ3v) is 6.08. The highest BCUT2D eigenvalue weighted by Crippen LogP contribution is 2.28. The molecule has 0 aliphatic carbocycles. The molecule has 33 heavy (non-hydrogen) atoms. The average Bonchev–Trinajstić information content (AvgIpc) is 3.26. The number of carbonyl (C=O) groups is 2. The number of carbonyl (C=O) groups excluding carboxylic acids is 2. The summed E-state index contributed by atoms with van der Waals surface area (Å²) in [5.74, 6) is 0.689. The number of rotatable bonds is 10. The smallest absolute Gasteiger partial charge is 0.259 e. The first-order valence-electron chi connectivity index (χ1n) is 10.7. The van der Waals surface area contributed by atoms with Crippen LogP contribution in [0.3, 0.4) is 0 Å². The van der Waals surface area contributed by atoms with Gasteiger partial charge in [0.15, 0.2) is 11.5 Å². The molecule has 0 saturated heterocycles. The maximum Gasteiger partial charge on any atom is 0.259 e. The molecular formula is C25H29N3O4S. The summed E-state index contributed by atoms with van der Waals surface area (Å²) in [6, 6.07) is 13.0. The minimum Gasteiger partial charge on any atom is -0.493 e. The Hall–Kier alpha value is -3.39. The van der Waals surface area contributed by atoms with Gasteiger partial charge < -0.3 is 14.8 Å². The lowest BCUT2D eigenvalue weighted by molar-refractivity contribution is -0.120. The van der Waals surface area contributed by atoms with Crippen LogP contribution in [0, 0.1) is 5.92 Å². The third-order valence-electron chi connectivity index (χ3n) is 5.12. The Kier molecular flexibility index (Phi) is 8.43. The van der Waals surface area contributed by atoms with E-state index in [4.69, 9.17) is 9.47 Å². The van der Waals surface area contributed by atoms with E-state index >= 15 is 0 Å². The summed E-state index contributed by atoms with van der Waals surface area (Å²) < 4.78 is 11.6. The lowest BCUT2D eigenvalue weighted by atomic mass is 10.0. The number of amides is 2. The summed E-state index contributed by atoms with van der Waals surface area (Å²) in [5.41, 5.74) is 4.84. The summed E-state index contributed by atoms with van der Waals surface area (Å²) in [5, 5.41) is 10.2. The maximum absolute atomic E-state index is 12.4. The SMILES string of the molecule is COc1ccc(C(=O)NCC(=O)N/N=C(/CCC(C)C)c2csc3ccccc23)cc1OC. The van der Waals surface area contributed by atoms with E-state index in [1.165, 1.54) is 18.9 Å². The quantitative estimate of drug-likeness (QED) is 0.337. The van der Waals surface area contributed by atoms with Crippen molar-refractivity contribution in [1.82, 2.24) is 10.7 Å². The molecule has 0 atom stereocenters. The minimum atomic E-state index is -0.398. The molecule has 0 aliphatic heterocycles. The van der Waals surface area contributed by atoms with Gasteiger partial charge in [-0.1, -0.05) is 32.0 Å². The largest absolute Gasteiger partial charge is 0.493 e. The number of hydrazone groups is 1. The summed E-state index contributed by atoms with van der Waals surface area (Å²) in [4.78, 5) is 24.8. The molecule has 0 bridgehead atoms. The van der Waals surface area contributed by atoms with E-state index in [-0.39, 0.29) is 12.5 Å². The number of thiophene rings is 1.